The van der Waals surface area contributed by atoms with Crippen molar-refractivity contribution < 1.29 is 14.7 Å². The molecule has 3 nitrogen and oxygen atoms in total. The predicted molar refractivity (Wildman–Crippen MR) is 58.8 cm³/mol. The van der Waals surface area contributed by atoms with E-state index >= 15 is 0 Å². The molecule has 0 radical (unpaired) electrons. The Hall–Kier alpha value is -1.16. The molecule has 1 unspecified atom stereocenters. The fourth-order valence-corrected chi connectivity index (χ4v) is 2.31. The first kappa shape index (κ1) is 10.4. The first-order valence-corrected chi connectivity index (χ1v) is 5.56. The summed E-state index contributed by atoms with van der Waals surface area (Å²) >= 11 is 3.26. The third-order valence-corrected chi connectivity index (χ3v) is 3.45. The number of rotatable bonds is 1. The van der Waals surface area contributed by atoms with Gasteiger partial charge in [0, 0.05) is 5.56 Å². The summed E-state index contributed by atoms with van der Waals surface area (Å²) in [6, 6.07) is 4.98. The van der Waals surface area contributed by atoms with Crippen molar-refractivity contribution in [2.75, 3.05) is 0 Å². The monoisotopic (exact) mass is 268 g/mol. The van der Waals surface area contributed by atoms with E-state index in [1.165, 1.54) is 6.07 Å². The van der Waals surface area contributed by atoms with Crippen LogP contribution in [0.3, 0.4) is 0 Å². The van der Waals surface area contributed by atoms with Crippen LogP contribution < -0.4 is 0 Å². The zero-order valence-electron chi connectivity index (χ0n) is 7.87. The minimum Gasteiger partial charge on any atom is -0.478 e. The molecule has 2 rings (SSSR count). The van der Waals surface area contributed by atoms with E-state index in [9.17, 15) is 9.59 Å². The highest BCUT2D eigenvalue weighted by atomic mass is 79.9. The normalized spacial score (nSPS) is 19.8. The van der Waals surface area contributed by atoms with E-state index < -0.39 is 5.97 Å². The van der Waals surface area contributed by atoms with Gasteiger partial charge in [-0.15, -0.1) is 0 Å². The zero-order chi connectivity index (χ0) is 11.0. The van der Waals surface area contributed by atoms with Crippen LogP contribution in [0.15, 0.2) is 18.2 Å². The molecule has 1 atom stereocenters. The highest BCUT2D eigenvalue weighted by Crippen LogP contribution is 2.28. The lowest BCUT2D eigenvalue weighted by molar-refractivity contribution is 0.0691. The van der Waals surface area contributed by atoms with Crippen LogP contribution in [0.1, 0.15) is 32.7 Å². The largest absolute Gasteiger partial charge is 0.478 e. The number of carboxylic acids is 1. The number of carbonyl (C=O) groups is 2. The Bertz CT molecular complexity index is 439. The molecular formula is C11H9BrO3. The highest BCUT2D eigenvalue weighted by Gasteiger charge is 2.29. The lowest BCUT2D eigenvalue weighted by Gasteiger charge is -2.20. The van der Waals surface area contributed by atoms with Gasteiger partial charge in [0.1, 0.15) is 0 Å². The van der Waals surface area contributed by atoms with Crippen LogP contribution in [-0.4, -0.2) is 21.7 Å². The molecule has 0 bridgehead atoms. The molecule has 0 aliphatic heterocycles. The number of carboxylic acid groups (broad SMARTS) is 1. The molecule has 1 aliphatic rings. The quantitative estimate of drug-likeness (QED) is 0.796. The van der Waals surface area contributed by atoms with Crippen LogP contribution in [0.4, 0.5) is 0 Å². The summed E-state index contributed by atoms with van der Waals surface area (Å²) in [6.07, 6.45) is 1.48. The number of hydrogen-bond acceptors (Lipinski definition) is 2. The van der Waals surface area contributed by atoms with Crippen molar-refractivity contribution in [3.8, 4) is 0 Å². The molecular weight excluding hydrogens is 260 g/mol. The fraction of sp³-hybridized carbons (Fsp3) is 0.273. The molecule has 0 fully saturated rings. The number of ketones is 1. The number of Topliss-reactive ketones (excluding diaryl/α,β-unsaturated/α-hetero) is 1. The van der Waals surface area contributed by atoms with Gasteiger partial charge in [-0.3, -0.25) is 4.79 Å². The van der Waals surface area contributed by atoms with E-state index in [-0.39, 0.29) is 16.2 Å². The molecule has 1 aliphatic carbocycles. The first-order valence-electron chi connectivity index (χ1n) is 4.64. The predicted octanol–water partition coefficient (Wildman–Crippen LogP) is 2.28. The van der Waals surface area contributed by atoms with E-state index in [2.05, 4.69) is 15.9 Å². The number of alkyl halides is 1. The molecule has 0 amide bonds. The summed E-state index contributed by atoms with van der Waals surface area (Å²) in [5.74, 6) is -1.16. The third-order valence-electron chi connectivity index (χ3n) is 2.58. The molecule has 1 aromatic rings. The van der Waals surface area contributed by atoms with Gasteiger partial charge in [-0.05, 0) is 24.5 Å². The maximum atomic E-state index is 11.8. The standard InChI is InChI=1S/C11H9BrO3/c12-8-5-4-6-2-1-3-7(11(14)15)9(6)10(8)13/h1-3,8H,4-5H2,(H,14,15). The number of hydrogen-bond donors (Lipinski definition) is 1. The molecule has 0 heterocycles. The van der Waals surface area contributed by atoms with Gasteiger partial charge in [-0.25, -0.2) is 4.79 Å². The lowest BCUT2D eigenvalue weighted by atomic mass is 9.87. The van der Waals surface area contributed by atoms with Gasteiger partial charge in [0.2, 0.25) is 0 Å². The first-order chi connectivity index (χ1) is 7.11. The molecule has 0 saturated carbocycles. The smallest absolute Gasteiger partial charge is 0.336 e. The molecule has 0 aromatic heterocycles. The molecule has 0 spiro atoms. The van der Waals surface area contributed by atoms with Crippen molar-refractivity contribution in [2.24, 2.45) is 0 Å². The number of benzene rings is 1. The summed E-state index contributed by atoms with van der Waals surface area (Å²) in [5.41, 5.74) is 1.33. The molecule has 1 N–H and O–H groups in total. The average molecular weight is 269 g/mol. The van der Waals surface area contributed by atoms with E-state index in [1.54, 1.807) is 6.07 Å². The van der Waals surface area contributed by atoms with Gasteiger partial charge in [0.15, 0.2) is 5.78 Å². The maximum Gasteiger partial charge on any atom is 0.336 e. The van der Waals surface area contributed by atoms with Gasteiger partial charge in [0.25, 0.3) is 0 Å². The topological polar surface area (TPSA) is 54.4 Å². The van der Waals surface area contributed by atoms with Crippen LogP contribution in [0, 0.1) is 0 Å². The van der Waals surface area contributed by atoms with Crippen LogP contribution in [0.5, 0.6) is 0 Å². The second kappa shape index (κ2) is 3.77. The minimum absolute atomic E-state index is 0.113. The van der Waals surface area contributed by atoms with Gasteiger partial charge < -0.3 is 5.11 Å². The molecule has 4 heteroatoms. The average Bonchev–Trinajstić information content (AvgIpc) is 2.23. The van der Waals surface area contributed by atoms with Crippen molar-refractivity contribution in [3.63, 3.8) is 0 Å². The molecule has 15 heavy (non-hydrogen) atoms. The Morgan fingerprint density at radius 1 is 1.47 bits per heavy atom. The highest BCUT2D eigenvalue weighted by molar-refractivity contribution is 9.10. The second-order valence-electron chi connectivity index (χ2n) is 3.52. The summed E-state index contributed by atoms with van der Waals surface area (Å²) < 4.78 is 0. The zero-order valence-corrected chi connectivity index (χ0v) is 9.45. The molecule has 0 saturated heterocycles. The minimum atomic E-state index is -1.04. The van der Waals surface area contributed by atoms with E-state index in [4.69, 9.17) is 5.11 Å². The van der Waals surface area contributed by atoms with Crippen molar-refractivity contribution in [1.29, 1.82) is 0 Å². The third kappa shape index (κ3) is 1.69. The molecule has 78 valence electrons. The summed E-state index contributed by atoms with van der Waals surface area (Å²) in [4.78, 5) is 22.5. The van der Waals surface area contributed by atoms with Crippen molar-refractivity contribution in [1.82, 2.24) is 0 Å². The SMILES string of the molecule is O=C(O)c1cccc2c1C(=O)C(Br)CC2. The Labute approximate surface area is 95.2 Å². The number of aryl methyl sites for hydroxylation is 1. The van der Waals surface area contributed by atoms with Crippen LogP contribution in [0.2, 0.25) is 0 Å². The summed E-state index contributed by atoms with van der Waals surface area (Å²) in [7, 11) is 0. The summed E-state index contributed by atoms with van der Waals surface area (Å²) in [6.45, 7) is 0. The van der Waals surface area contributed by atoms with Gasteiger partial charge in [-0.2, -0.15) is 0 Å². The van der Waals surface area contributed by atoms with E-state index in [0.29, 0.717) is 5.56 Å². The maximum absolute atomic E-state index is 11.8. The van der Waals surface area contributed by atoms with Crippen LogP contribution >= 0.6 is 15.9 Å². The summed E-state index contributed by atoms with van der Waals surface area (Å²) in [5, 5.41) is 8.98. The van der Waals surface area contributed by atoms with Gasteiger partial charge in [0.05, 0.1) is 10.4 Å². The van der Waals surface area contributed by atoms with Crippen molar-refractivity contribution in [2.45, 2.75) is 17.7 Å². The van der Waals surface area contributed by atoms with Crippen LogP contribution in [-0.2, 0) is 6.42 Å². The Morgan fingerprint density at radius 3 is 2.87 bits per heavy atom. The lowest BCUT2D eigenvalue weighted by Crippen LogP contribution is -2.25. The Morgan fingerprint density at radius 2 is 2.20 bits per heavy atom. The Balaban J connectivity index is 2.62. The van der Waals surface area contributed by atoms with E-state index in [0.717, 1.165) is 18.4 Å². The number of halogens is 1. The molecule has 1 aromatic carbocycles. The van der Waals surface area contributed by atoms with Gasteiger partial charge >= 0.3 is 5.97 Å². The number of carbonyl (C=O) groups excluding carboxylic acids is 1. The number of aromatic carboxylic acids is 1. The Kier molecular flexibility index (Phi) is 2.61. The van der Waals surface area contributed by atoms with Gasteiger partial charge in [-0.1, -0.05) is 28.1 Å². The number of fused-ring (bicyclic) bond motifs is 1. The van der Waals surface area contributed by atoms with Crippen molar-refractivity contribution in [3.05, 3.63) is 34.9 Å². The van der Waals surface area contributed by atoms with Crippen molar-refractivity contribution >= 4 is 27.7 Å². The van der Waals surface area contributed by atoms with Crippen LogP contribution in [0.25, 0.3) is 0 Å². The fourth-order valence-electron chi connectivity index (χ4n) is 1.85. The second-order valence-corrected chi connectivity index (χ2v) is 4.62. The van der Waals surface area contributed by atoms with E-state index in [1.807, 2.05) is 6.07 Å².